The summed E-state index contributed by atoms with van der Waals surface area (Å²) in [5, 5.41) is 19.8. The van der Waals surface area contributed by atoms with Gasteiger partial charge in [0.1, 0.15) is 23.1 Å². The number of hydrogen-bond donors (Lipinski definition) is 2. The van der Waals surface area contributed by atoms with E-state index < -0.39 is 33.7 Å². The van der Waals surface area contributed by atoms with E-state index in [1.807, 2.05) is 0 Å². The van der Waals surface area contributed by atoms with Crippen molar-refractivity contribution in [2.45, 2.75) is 31.0 Å². The summed E-state index contributed by atoms with van der Waals surface area (Å²) < 4.78 is 55.4. The molecular formula is C26H23ClF2N2O4S. The molecular weight excluding hydrogens is 510 g/mol. The molecule has 6 nitrogen and oxygen atoms in total. The van der Waals surface area contributed by atoms with Gasteiger partial charge in [-0.2, -0.15) is 0 Å². The van der Waals surface area contributed by atoms with E-state index in [0.717, 1.165) is 6.26 Å². The molecule has 0 amide bonds. The summed E-state index contributed by atoms with van der Waals surface area (Å²) >= 11 is 6.18. The molecule has 0 spiro atoms. The van der Waals surface area contributed by atoms with Gasteiger partial charge in [0.05, 0.1) is 27.9 Å². The van der Waals surface area contributed by atoms with Crippen molar-refractivity contribution >= 4 is 21.4 Å². The van der Waals surface area contributed by atoms with Crippen LogP contribution in [0.1, 0.15) is 25.1 Å². The SMILES string of the molecule is CC(C)(O)c1cn(-c2ccc(-c3ccc(CO)c(S(C)(=O)=O)c3)cc2F)c(-c2cccc(F)c2Cl)n1. The lowest BCUT2D eigenvalue weighted by atomic mass is 10.0. The first kappa shape index (κ1) is 26.0. The first-order valence-electron chi connectivity index (χ1n) is 10.8. The number of aliphatic hydroxyl groups excluding tert-OH is 1. The third-order valence-corrected chi connectivity index (χ3v) is 7.27. The van der Waals surface area contributed by atoms with Gasteiger partial charge in [0, 0.05) is 18.0 Å². The molecule has 36 heavy (non-hydrogen) atoms. The maximum absolute atomic E-state index is 15.5. The molecule has 0 fully saturated rings. The zero-order valence-corrected chi connectivity index (χ0v) is 21.2. The first-order valence-corrected chi connectivity index (χ1v) is 13.1. The van der Waals surface area contributed by atoms with Gasteiger partial charge in [-0.1, -0.05) is 35.9 Å². The molecule has 0 saturated carbocycles. The van der Waals surface area contributed by atoms with Gasteiger partial charge in [-0.25, -0.2) is 22.2 Å². The predicted molar refractivity (Wildman–Crippen MR) is 134 cm³/mol. The zero-order valence-electron chi connectivity index (χ0n) is 19.6. The zero-order chi connectivity index (χ0) is 26.4. The summed E-state index contributed by atoms with van der Waals surface area (Å²) in [7, 11) is -3.63. The predicted octanol–water partition coefficient (Wildman–Crippen LogP) is 5.26. The second-order valence-corrected chi connectivity index (χ2v) is 11.3. The third-order valence-electron chi connectivity index (χ3n) is 5.70. The lowest BCUT2D eigenvalue weighted by Gasteiger charge is -2.13. The van der Waals surface area contributed by atoms with E-state index in [-0.39, 0.29) is 38.3 Å². The van der Waals surface area contributed by atoms with E-state index >= 15 is 4.39 Å². The quantitative estimate of drug-likeness (QED) is 0.353. The number of halogens is 3. The standard InChI is InChI=1S/C26H23ClF2N2O4S/c1-26(2,33)23-13-31(25(30-23)18-5-4-6-19(28)24(18)27)21-10-9-15(11-20(21)29)16-7-8-17(14-32)22(12-16)36(3,34)35/h4-13,32-33H,14H2,1-3H3. The fraction of sp³-hybridized carbons (Fsp3) is 0.192. The molecule has 0 aliphatic carbocycles. The van der Waals surface area contributed by atoms with Gasteiger partial charge in [-0.15, -0.1) is 0 Å². The highest BCUT2D eigenvalue weighted by molar-refractivity contribution is 7.90. The summed E-state index contributed by atoms with van der Waals surface area (Å²) in [6.45, 7) is 2.59. The number of benzene rings is 3. The van der Waals surface area contributed by atoms with E-state index in [2.05, 4.69) is 4.98 Å². The number of sulfone groups is 1. The Morgan fingerprint density at radius 1 is 1.03 bits per heavy atom. The second kappa shape index (κ2) is 9.40. The monoisotopic (exact) mass is 532 g/mol. The van der Waals surface area contributed by atoms with E-state index in [1.165, 1.54) is 61.0 Å². The molecule has 0 aliphatic heterocycles. The molecule has 3 aromatic carbocycles. The lowest BCUT2D eigenvalue weighted by Crippen LogP contribution is -2.15. The first-order chi connectivity index (χ1) is 16.8. The molecule has 0 aliphatic rings. The number of nitrogens with zero attached hydrogens (tertiary/aromatic N) is 2. The van der Waals surface area contributed by atoms with E-state index in [0.29, 0.717) is 11.1 Å². The summed E-state index contributed by atoms with van der Waals surface area (Å²) in [6.07, 6.45) is 2.49. The van der Waals surface area contributed by atoms with Crippen molar-refractivity contribution in [3.8, 4) is 28.2 Å². The van der Waals surface area contributed by atoms with Crippen LogP contribution in [0.25, 0.3) is 28.2 Å². The van der Waals surface area contributed by atoms with Crippen LogP contribution in [0.3, 0.4) is 0 Å². The molecule has 4 aromatic rings. The molecule has 0 radical (unpaired) electrons. The average molecular weight is 533 g/mol. The van der Waals surface area contributed by atoms with Crippen LogP contribution < -0.4 is 0 Å². The summed E-state index contributed by atoms with van der Waals surface area (Å²) in [4.78, 5) is 4.37. The van der Waals surface area contributed by atoms with Crippen LogP contribution in [-0.4, -0.2) is 34.4 Å². The van der Waals surface area contributed by atoms with Crippen molar-refractivity contribution in [3.63, 3.8) is 0 Å². The highest BCUT2D eigenvalue weighted by Gasteiger charge is 2.25. The molecule has 0 bridgehead atoms. The summed E-state index contributed by atoms with van der Waals surface area (Å²) in [5.74, 6) is -1.21. The van der Waals surface area contributed by atoms with Crippen LogP contribution in [-0.2, 0) is 22.0 Å². The molecule has 188 valence electrons. The Morgan fingerprint density at radius 3 is 2.31 bits per heavy atom. The van der Waals surface area contributed by atoms with E-state index in [9.17, 15) is 23.0 Å². The van der Waals surface area contributed by atoms with E-state index in [4.69, 9.17) is 11.6 Å². The fourth-order valence-corrected chi connectivity index (χ4v) is 4.98. The van der Waals surface area contributed by atoms with Crippen LogP contribution in [0.4, 0.5) is 8.78 Å². The Morgan fingerprint density at radius 2 is 1.69 bits per heavy atom. The Labute approximate surface area is 212 Å². The number of rotatable bonds is 6. The molecule has 0 atom stereocenters. The maximum atomic E-state index is 15.5. The van der Waals surface area contributed by atoms with Crippen LogP contribution in [0.15, 0.2) is 65.7 Å². The van der Waals surface area contributed by atoms with Crippen molar-refractivity contribution < 1.29 is 27.4 Å². The largest absolute Gasteiger partial charge is 0.392 e. The third kappa shape index (κ3) is 4.92. The number of aliphatic hydroxyl groups is 2. The highest BCUT2D eigenvalue weighted by atomic mass is 35.5. The molecule has 1 aromatic heterocycles. The minimum Gasteiger partial charge on any atom is -0.392 e. The Hall–Kier alpha value is -3.11. The minimum atomic E-state index is -3.63. The van der Waals surface area contributed by atoms with Gasteiger partial charge in [0.2, 0.25) is 0 Å². The van der Waals surface area contributed by atoms with Crippen molar-refractivity contribution in [1.82, 2.24) is 9.55 Å². The van der Waals surface area contributed by atoms with Gasteiger partial charge < -0.3 is 10.2 Å². The average Bonchev–Trinajstić information content (AvgIpc) is 3.25. The van der Waals surface area contributed by atoms with Gasteiger partial charge in [0.25, 0.3) is 0 Å². The van der Waals surface area contributed by atoms with Crippen LogP contribution in [0.5, 0.6) is 0 Å². The van der Waals surface area contributed by atoms with Crippen LogP contribution >= 0.6 is 11.6 Å². The van der Waals surface area contributed by atoms with Gasteiger partial charge >= 0.3 is 0 Å². The van der Waals surface area contributed by atoms with Crippen molar-refractivity contribution in [2.24, 2.45) is 0 Å². The molecule has 0 unspecified atom stereocenters. The smallest absolute Gasteiger partial charge is 0.175 e. The minimum absolute atomic E-state index is 0.0422. The van der Waals surface area contributed by atoms with Crippen molar-refractivity contribution in [3.05, 3.63) is 88.7 Å². The van der Waals surface area contributed by atoms with E-state index in [1.54, 1.807) is 18.2 Å². The molecule has 2 N–H and O–H groups in total. The van der Waals surface area contributed by atoms with Crippen molar-refractivity contribution in [2.75, 3.05) is 6.26 Å². The Balaban J connectivity index is 1.87. The fourth-order valence-electron chi connectivity index (χ4n) is 3.82. The Bertz CT molecular complexity index is 1580. The topological polar surface area (TPSA) is 92.4 Å². The normalized spacial score (nSPS) is 12.2. The molecule has 1 heterocycles. The number of aromatic nitrogens is 2. The number of hydrogen-bond acceptors (Lipinski definition) is 5. The second-order valence-electron chi connectivity index (χ2n) is 8.90. The Kier molecular flexibility index (Phi) is 6.78. The van der Waals surface area contributed by atoms with Gasteiger partial charge in [-0.05, 0) is 60.9 Å². The highest BCUT2D eigenvalue weighted by Crippen LogP contribution is 2.35. The number of imidazole rings is 1. The lowest BCUT2D eigenvalue weighted by molar-refractivity contribution is 0.0743. The maximum Gasteiger partial charge on any atom is 0.175 e. The van der Waals surface area contributed by atoms with Gasteiger partial charge in [-0.3, -0.25) is 4.57 Å². The van der Waals surface area contributed by atoms with Gasteiger partial charge in [0.15, 0.2) is 9.84 Å². The molecule has 10 heteroatoms. The summed E-state index contributed by atoms with van der Waals surface area (Å²) in [5.41, 5.74) is 0.215. The van der Waals surface area contributed by atoms with Crippen LogP contribution in [0, 0.1) is 11.6 Å². The van der Waals surface area contributed by atoms with Crippen molar-refractivity contribution in [1.29, 1.82) is 0 Å². The molecule has 4 rings (SSSR count). The van der Waals surface area contributed by atoms with Crippen LogP contribution in [0.2, 0.25) is 5.02 Å². The molecule has 0 saturated heterocycles. The summed E-state index contributed by atoms with van der Waals surface area (Å²) in [6, 6.07) is 12.9.